The predicted octanol–water partition coefficient (Wildman–Crippen LogP) is 1.93. The van der Waals surface area contributed by atoms with Gasteiger partial charge in [-0.05, 0) is 38.4 Å². The topological polar surface area (TPSA) is 108 Å². The van der Waals surface area contributed by atoms with Crippen molar-refractivity contribution in [2.75, 3.05) is 26.7 Å². The van der Waals surface area contributed by atoms with E-state index in [1.807, 2.05) is 7.05 Å². The van der Waals surface area contributed by atoms with Crippen molar-refractivity contribution in [3.8, 4) is 0 Å². The Morgan fingerprint density at radius 1 is 1.35 bits per heavy atom. The molecule has 1 aromatic carbocycles. The van der Waals surface area contributed by atoms with E-state index in [9.17, 15) is 19.7 Å². The molecular formula is C17H21ClN4O4. The molecular weight excluding hydrogens is 360 g/mol. The summed E-state index contributed by atoms with van der Waals surface area (Å²) in [5, 5.41) is 14.6. The first kappa shape index (κ1) is 19.9. The number of aromatic nitrogens is 1. The lowest BCUT2D eigenvalue weighted by Crippen LogP contribution is -2.40. The first-order valence-corrected chi connectivity index (χ1v) is 8.25. The molecule has 2 aromatic rings. The Balaban J connectivity index is 0.00000243. The van der Waals surface area contributed by atoms with Crippen LogP contribution in [0.4, 0.5) is 5.69 Å². The molecule has 0 spiro atoms. The van der Waals surface area contributed by atoms with E-state index in [4.69, 9.17) is 0 Å². The van der Waals surface area contributed by atoms with Crippen LogP contribution in [0.3, 0.4) is 0 Å². The fourth-order valence-electron chi connectivity index (χ4n) is 3.33. The van der Waals surface area contributed by atoms with E-state index < -0.39 is 10.5 Å². The standard InChI is InChI=1S/C17H20N4O4.ClH/c1-18-10-11-4-6-20(7-5-11)17(23)14-9-16(22)19-15-3-2-12(21(24)25)8-13(14)15;/h2-3,8-9,11,18H,4-7,10H2,1H3,(H,19,22);1H. The Morgan fingerprint density at radius 3 is 2.65 bits per heavy atom. The number of fused-ring (bicyclic) bond motifs is 1. The Hall–Kier alpha value is -2.45. The maximum atomic E-state index is 12.9. The van der Waals surface area contributed by atoms with E-state index in [1.165, 1.54) is 24.3 Å². The lowest BCUT2D eigenvalue weighted by atomic mass is 9.96. The lowest BCUT2D eigenvalue weighted by molar-refractivity contribution is -0.384. The minimum absolute atomic E-state index is 0. The molecule has 1 fully saturated rings. The van der Waals surface area contributed by atoms with E-state index in [2.05, 4.69) is 10.3 Å². The molecule has 1 aliphatic heterocycles. The van der Waals surface area contributed by atoms with E-state index in [0.29, 0.717) is 29.9 Å². The van der Waals surface area contributed by atoms with Gasteiger partial charge >= 0.3 is 0 Å². The van der Waals surface area contributed by atoms with Gasteiger partial charge in [-0.3, -0.25) is 19.7 Å². The Kier molecular flexibility index (Phi) is 6.33. The maximum absolute atomic E-state index is 12.9. The molecule has 0 saturated carbocycles. The summed E-state index contributed by atoms with van der Waals surface area (Å²) in [6.45, 7) is 2.16. The zero-order valence-corrected chi connectivity index (χ0v) is 15.2. The van der Waals surface area contributed by atoms with Gasteiger partial charge in [-0.15, -0.1) is 12.4 Å². The Bertz CT molecular complexity index is 875. The fourth-order valence-corrected chi connectivity index (χ4v) is 3.33. The number of aromatic amines is 1. The monoisotopic (exact) mass is 380 g/mol. The summed E-state index contributed by atoms with van der Waals surface area (Å²) >= 11 is 0. The number of nitrogens with one attached hydrogen (secondary N) is 2. The normalized spacial score (nSPS) is 14.9. The maximum Gasteiger partial charge on any atom is 0.270 e. The highest BCUT2D eigenvalue weighted by atomic mass is 35.5. The second kappa shape index (κ2) is 8.29. The summed E-state index contributed by atoms with van der Waals surface area (Å²) in [6, 6.07) is 5.35. The number of halogens is 1. The second-order valence-corrected chi connectivity index (χ2v) is 6.33. The highest BCUT2D eigenvalue weighted by Crippen LogP contribution is 2.24. The molecule has 1 aromatic heterocycles. The molecule has 2 heterocycles. The number of pyridine rings is 1. The van der Waals surface area contributed by atoms with Crippen LogP contribution in [-0.4, -0.2) is 47.4 Å². The molecule has 26 heavy (non-hydrogen) atoms. The van der Waals surface area contributed by atoms with Gasteiger partial charge in [0.05, 0.1) is 10.5 Å². The van der Waals surface area contributed by atoms with Gasteiger partial charge in [-0.2, -0.15) is 0 Å². The van der Waals surface area contributed by atoms with Crippen LogP contribution in [0.5, 0.6) is 0 Å². The number of benzene rings is 1. The number of rotatable bonds is 4. The number of amides is 1. The van der Waals surface area contributed by atoms with Gasteiger partial charge in [0.1, 0.15) is 0 Å². The van der Waals surface area contributed by atoms with Crippen LogP contribution >= 0.6 is 12.4 Å². The van der Waals surface area contributed by atoms with E-state index in [-0.39, 0.29) is 29.6 Å². The molecule has 3 rings (SSSR count). The molecule has 0 bridgehead atoms. The molecule has 0 atom stereocenters. The number of hydrogen-bond acceptors (Lipinski definition) is 5. The summed E-state index contributed by atoms with van der Waals surface area (Å²) in [5.41, 5.74) is 0.136. The summed E-state index contributed by atoms with van der Waals surface area (Å²) in [7, 11) is 1.91. The largest absolute Gasteiger partial charge is 0.339 e. The minimum atomic E-state index is -0.512. The third-order valence-electron chi connectivity index (χ3n) is 4.66. The summed E-state index contributed by atoms with van der Waals surface area (Å²) in [6.07, 6.45) is 1.79. The van der Waals surface area contributed by atoms with Crippen LogP contribution in [0.1, 0.15) is 23.2 Å². The number of nitrogens with zero attached hydrogens (tertiary/aromatic N) is 2. The van der Waals surface area contributed by atoms with E-state index >= 15 is 0 Å². The number of non-ortho nitro benzene ring substituents is 1. The fraction of sp³-hybridized carbons (Fsp3) is 0.412. The highest BCUT2D eigenvalue weighted by Gasteiger charge is 2.25. The number of hydrogen-bond donors (Lipinski definition) is 2. The van der Waals surface area contributed by atoms with Gasteiger partial charge in [-0.1, -0.05) is 0 Å². The van der Waals surface area contributed by atoms with E-state index in [0.717, 1.165) is 19.4 Å². The zero-order chi connectivity index (χ0) is 18.0. The smallest absolute Gasteiger partial charge is 0.270 e. The third kappa shape index (κ3) is 4.03. The molecule has 0 radical (unpaired) electrons. The van der Waals surface area contributed by atoms with E-state index in [1.54, 1.807) is 4.90 Å². The minimum Gasteiger partial charge on any atom is -0.339 e. The van der Waals surface area contributed by atoms with Crippen molar-refractivity contribution in [3.05, 3.63) is 50.3 Å². The third-order valence-corrected chi connectivity index (χ3v) is 4.66. The van der Waals surface area contributed by atoms with Gasteiger partial charge < -0.3 is 15.2 Å². The molecule has 8 nitrogen and oxygen atoms in total. The molecule has 0 aliphatic carbocycles. The van der Waals surface area contributed by atoms with Crippen molar-refractivity contribution in [1.82, 2.24) is 15.2 Å². The van der Waals surface area contributed by atoms with Crippen molar-refractivity contribution in [2.45, 2.75) is 12.8 Å². The average Bonchev–Trinajstić information content (AvgIpc) is 2.61. The van der Waals surface area contributed by atoms with Gasteiger partial charge in [-0.25, -0.2) is 0 Å². The van der Waals surface area contributed by atoms with Crippen molar-refractivity contribution < 1.29 is 9.72 Å². The predicted molar refractivity (Wildman–Crippen MR) is 101 cm³/mol. The van der Waals surface area contributed by atoms with Crippen LogP contribution in [-0.2, 0) is 0 Å². The van der Waals surface area contributed by atoms with Gasteiger partial charge in [0.25, 0.3) is 11.6 Å². The average molecular weight is 381 g/mol. The zero-order valence-electron chi connectivity index (χ0n) is 14.4. The van der Waals surface area contributed by atoms with Crippen LogP contribution in [0, 0.1) is 16.0 Å². The summed E-state index contributed by atoms with van der Waals surface area (Å²) in [5.74, 6) is 0.283. The first-order valence-electron chi connectivity index (χ1n) is 8.25. The van der Waals surface area contributed by atoms with Crippen molar-refractivity contribution >= 4 is 34.9 Å². The Labute approximate surface area is 156 Å². The van der Waals surface area contributed by atoms with Crippen molar-refractivity contribution in [2.24, 2.45) is 5.92 Å². The number of H-pyrrole nitrogens is 1. The molecule has 140 valence electrons. The van der Waals surface area contributed by atoms with Gasteiger partial charge in [0.2, 0.25) is 5.56 Å². The number of nitro benzene ring substituents is 1. The van der Waals surface area contributed by atoms with Gasteiger partial charge in [0, 0.05) is 42.2 Å². The van der Waals surface area contributed by atoms with Crippen LogP contribution in [0.25, 0.3) is 10.9 Å². The van der Waals surface area contributed by atoms with Crippen LogP contribution in [0.2, 0.25) is 0 Å². The summed E-state index contributed by atoms with van der Waals surface area (Å²) < 4.78 is 0. The SMILES string of the molecule is CNCC1CCN(C(=O)c2cc(=O)[nH]c3ccc([N+](=O)[O-])cc23)CC1.Cl. The van der Waals surface area contributed by atoms with Crippen molar-refractivity contribution in [3.63, 3.8) is 0 Å². The molecule has 0 unspecified atom stereocenters. The first-order chi connectivity index (χ1) is 12.0. The van der Waals surface area contributed by atoms with Crippen LogP contribution < -0.4 is 10.9 Å². The second-order valence-electron chi connectivity index (χ2n) is 6.33. The van der Waals surface area contributed by atoms with Crippen LogP contribution in [0.15, 0.2) is 29.1 Å². The number of carbonyl (C=O) groups excluding carboxylic acids is 1. The molecule has 1 saturated heterocycles. The number of nitro groups is 1. The lowest BCUT2D eigenvalue weighted by Gasteiger charge is -2.32. The molecule has 9 heteroatoms. The highest BCUT2D eigenvalue weighted by molar-refractivity contribution is 6.06. The van der Waals surface area contributed by atoms with Gasteiger partial charge in [0.15, 0.2) is 0 Å². The number of likely N-dealkylation sites (tertiary alicyclic amines) is 1. The molecule has 2 N–H and O–H groups in total. The molecule has 1 amide bonds. The Morgan fingerprint density at radius 2 is 2.04 bits per heavy atom. The summed E-state index contributed by atoms with van der Waals surface area (Å²) in [4.78, 5) is 39.6. The number of piperidine rings is 1. The number of carbonyl (C=O) groups is 1. The quantitative estimate of drug-likeness (QED) is 0.622. The van der Waals surface area contributed by atoms with Crippen molar-refractivity contribution in [1.29, 1.82) is 0 Å². The molecule has 1 aliphatic rings.